The van der Waals surface area contributed by atoms with Crippen molar-refractivity contribution in [3.63, 3.8) is 0 Å². The molecule has 4 heavy (non-hydrogen) atoms. The Morgan fingerprint density at radius 2 is 1.00 bits per heavy atom. The first kappa shape index (κ1) is 25.1. The second-order valence-corrected chi connectivity index (χ2v) is 0. The van der Waals surface area contributed by atoms with E-state index in [0.29, 0.717) is 0 Å². The zero-order valence-corrected chi connectivity index (χ0v) is 0. The number of rotatable bonds is 0. The molecule has 0 aliphatic rings. The zero-order chi connectivity index (χ0) is 0. The van der Waals surface area contributed by atoms with E-state index in [2.05, 4.69) is 0 Å². The van der Waals surface area contributed by atoms with Crippen molar-refractivity contribution >= 4 is 117 Å². The molecule has 0 radical (unpaired) electrons. The first-order valence-corrected chi connectivity index (χ1v) is 0. The van der Waals surface area contributed by atoms with Crippen LogP contribution < -0.4 is 0 Å². The van der Waals surface area contributed by atoms with Crippen molar-refractivity contribution in [2.75, 3.05) is 0 Å². The van der Waals surface area contributed by atoms with Gasteiger partial charge in [0.1, 0.15) is 0 Å². The molecule has 4 heteroatoms. The van der Waals surface area contributed by atoms with Crippen LogP contribution in [0.25, 0.3) is 0 Å². The SMILES string of the molecule is [AlH3].[KH].[LiH].[NaH]. The third kappa shape index (κ3) is 9.23. The van der Waals surface area contributed by atoms with E-state index in [1.807, 2.05) is 0 Å². The molecule has 0 saturated heterocycles. The van der Waals surface area contributed by atoms with Crippen LogP contribution in [0.5, 0.6) is 0 Å². The molecule has 0 amide bonds. The Balaban J connectivity index is 0. The molecule has 0 bridgehead atoms. The third-order valence-corrected chi connectivity index (χ3v) is 0. The van der Waals surface area contributed by atoms with Gasteiger partial charge in [-0.05, 0) is 0 Å². The molecule has 0 unspecified atom stereocenters. The molecule has 0 aromatic rings. The Kier molecular flexibility index (Phi) is 99.4. The fraction of sp³-hybridized carbons (Fsp3) is 0. The van der Waals surface area contributed by atoms with Gasteiger partial charge in [0.2, 0.25) is 0 Å². The van der Waals surface area contributed by atoms with Gasteiger partial charge >= 0.3 is 99.8 Å². The van der Waals surface area contributed by atoms with Crippen LogP contribution in [0.15, 0.2) is 0 Å². The van der Waals surface area contributed by atoms with Gasteiger partial charge in [0.25, 0.3) is 0 Å². The topological polar surface area (TPSA) is 0 Å². The van der Waals surface area contributed by atoms with Gasteiger partial charge in [-0.3, -0.25) is 0 Å². The van der Waals surface area contributed by atoms with Gasteiger partial charge in [-0.25, -0.2) is 0 Å². The predicted molar refractivity (Wildman–Crippen MR) is 31.4 cm³/mol. The van der Waals surface area contributed by atoms with Crippen LogP contribution in [0.1, 0.15) is 0 Å². The summed E-state index contributed by atoms with van der Waals surface area (Å²) < 4.78 is 0. The summed E-state index contributed by atoms with van der Waals surface area (Å²) in [5.41, 5.74) is 0. The van der Waals surface area contributed by atoms with Crippen LogP contribution >= 0.6 is 0 Å². The summed E-state index contributed by atoms with van der Waals surface area (Å²) in [5.74, 6) is 0. The van der Waals surface area contributed by atoms with Crippen LogP contribution in [0, 0.1) is 0 Å². The van der Waals surface area contributed by atoms with Gasteiger partial charge in [0.15, 0.2) is 17.4 Å². The van der Waals surface area contributed by atoms with E-state index in [1.165, 1.54) is 0 Å². The molecule has 0 aliphatic heterocycles. The minimum absolute atomic E-state index is 0. The van der Waals surface area contributed by atoms with Crippen molar-refractivity contribution in [1.82, 2.24) is 0 Å². The normalized spacial score (nSPS) is 0. The van der Waals surface area contributed by atoms with Gasteiger partial charge in [0, 0.05) is 0 Å². The molecular weight excluding hydrogens is 96.0 g/mol. The Hall–Kier alpha value is 3.77. The maximum absolute atomic E-state index is 0. The molecule has 0 nitrogen and oxygen atoms in total. The average molecular weight is 102 g/mol. The molecule has 0 rings (SSSR count). The second kappa shape index (κ2) is 15.9. The summed E-state index contributed by atoms with van der Waals surface area (Å²) >= 11 is 0. The summed E-state index contributed by atoms with van der Waals surface area (Å²) in [6.07, 6.45) is 0. The van der Waals surface area contributed by atoms with Crippen molar-refractivity contribution in [1.29, 1.82) is 0 Å². The molecule has 0 aromatic heterocycles. The van der Waals surface area contributed by atoms with E-state index in [-0.39, 0.29) is 117 Å². The Morgan fingerprint density at radius 1 is 1.00 bits per heavy atom. The fourth-order valence-corrected chi connectivity index (χ4v) is 0. The van der Waals surface area contributed by atoms with Crippen LogP contribution in [0.4, 0.5) is 0 Å². The van der Waals surface area contributed by atoms with Crippen molar-refractivity contribution in [2.24, 2.45) is 0 Å². The minimum atomic E-state index is 0. The van der Waals surface area contributed by atoms with E-state index in [0.717, 1.165) is 0 Å². The van der Waals surface area contributed by atoms with Crippen molar-refractivity contribution in [3.05, 3.63) is 0 Å². The molecular formula is H6AlKLiNa. The average Bonchev–Trinajstić information content (AvgIpc) is 0. The molecule has 0 heterocycles. The first-order chi connectivity index (χ1) is 0. The molecule has 0 saturated carbocycles. The van der Waals surface area contributed by atoms with Crippen molar-refractivity contribution < 1.29 is 0 Å². The van der Waals surface area contributed by atoms with E-state index in [4.69, 9.17) is 0 Å². The Labute approximate surface area is 114 Å². The van der Waals surface area contributed by atoms with E-state index in [9.17, 15) is 0 Å². The van der Waals surface area contributed by atoms with Crippen molar-refractivity contribution in [2.45, 2.75) is 0 Å². The zero-order valence-electron chi connectivity index (χ0n) is 0. The Morgan fingerprint density at radius 3 is 1.00 bits per heavy atom. The third-order valence-electron chi connectivity index (χ3n) is 0. The van der Waals surface area contributed by atoms with Crippen LogP contribution in [0.3, 0.4) is 0 Å². The van der Waals surface area contributed by atoms with E-state index in [1.54, 1.807) is 0 Å². The molecule has 0 aromatic carbocycles. The van der Waals surface area contributed by atoms with Gasteiger partial charge in [-0.2, -0.15) is 0 Å². The quantitative estimate of drug-likeness (QED) is 0.284. The van der Waals surface area contributed by atoms with Gasteiger partial charge in [0.05, 0.1) is 0 Å². The van der Waals surface area contributed by atoms with Crippen LogP contribution in [0.2, 0.25) is 0 Å². The molecule has 0 spiro atoms. The van der Waals surface area contributed by atoms with Crippen molar-refractivity contribution in [3.8, 4) is 0 Å². The molecule has 0 fully saturated rings. The van der Waals surface area contributed by atoms with Gasteiger partial charge in [-0.15, -0.1) is 0 Å². The monoisotopic (exact) mass is 102 g/mol. The predicted octanol–water partition coefficient (Wildman–Crippen LogP) is -3.13. The molecule has 12 valence electrons. The Bertz CT molecular complexity index is 8.00. The van der Waals surface area contributed by atoms with Crippen LogP contribution in [-0.2, 0) is 0 Å². The summed E-state index contributed by atoms with van der Waals surface area (Å²) in [5, 5.41) is 0. The van der Waals surface area contributed by atoms with E-state index >= 15 is 0 Å². The maximum atomic E-state index is 0. The summed E-state index contributed by atoms with van der Waals surface area (Å²) in [7, 11) is 0. The van der Waals surface area contributed by atoms with Gasteiger partial charge < -0.3 is 0 Å². The molecule has 0 aliphatic carbocycles. The summed E-state index contributed by atoms with van der Waals surface area (Å²) in [4.78, 5) is 0. The summed E-state index contributed by atoms with van der Waals surface area (Å²) in [6.45, 7) is 0. The standard InChI is InChI=1S/Al.K.Li.Na.6H. The molecule has 0 N–H and O–H groups in total. The first-order valence-electron chi connectivity index (χ1n) is 0. The molecule has 0 atom stereocenters. The fourth-order valence-electron chi connectivity index (χ4n) is 0. The van der Waals surface area contributed by atoms with E-state index < -0.39 is 0 Å². The number of hydrogen-bond acceptors (Lipinski definition) is 0. The second-order valence-electron chi connectivity index (χ2n) is 0. The number of hydrogen-bond donors (Lipinski definition) is 0. The van der Waals surface area contributed by atoms with Crippen LogP contribution in [-0.4, -0.2) is 117 Å². The van der Waals surface area contributed by atoms with Gasteiger partial charge in [-0.1, -0.05) is 0 Å². The summed E-state index contributed by atoms with van der Waals surface area (Å²) in [6, 6.07) is 0.